The molecule has 0 spiro atoms. The maximum Gasteiger partial charge on any atom is 0.187 e. The van der Waals surface area contributed by atoms with Crippen molar-refractivity contribution in [1.29, 1.82) is 0 Å². The van der Waals surface area contributed by atoms with Gasteiger partial charge in [-0.15, -0.1) is 0 Å². The highest BCUT2D eigenvalue weighted by molar-refractivity contribution is 5.01. The second kappa shape index (κ2) is 14.1. The summed E-state index contributed by atoms with van der Waals surface area (Å²) in [5.41, 5.74) is 29.4. The summed E-state index contributed by atoms with van der Waals surface area (Å²) < 4.78 is 34.4. The molecule has 4 fully saturated rings. The lowest BCUT2D eigenvalue weighted by molar-refractivity contribution is -0.311. The summed E-state index contributed by atoms with van der Waals surface area (Å²) in [4.78, 5) is 0. The minimum atomic E-state index is -1.65. The van der Waals surface area contributed by atoms with Crippen LogP contribution in [0.3, 0.4) is 0 Å². The van der Waals surface area contributed by atoms with Gasteiger partial charge in [0, 0.05) is 19.1 Å². The van der Waals surface area contributed by atoms with E-state index in [2.05, 4.69) is 0 Å². The Kier molecular flexibility index (Phi) is 11.5. The lowest BCUT2D eigenvalue weighted by atomic mass is 9.85. The Morgan fingerprint density at radius 1 is 0.548 bits per heavy atom. The molecule has 3 heterocycles. The molecule has 4 rings (SSSR count). The van der Waals surface area contributed by atoms with Gasteiger partial charge in [-0.3, -0.25) is 0 Å². The van der Waals surface area contributed by atoms with Crippen LogP contribution in [0.5, 0.6) is 0 Å². The number of ether oxygens (including phenoxy) is 6. The zero-order valence-corrected chi connectivity index (χ0v) is 22.7. The van der Waals surface area contributed by atoms with Crippen molar-refractivity contribution < 1.29 is 69.3 Å². The lowest BCUT2D eigenvalue weighted by Gasteiger charge is -2.47. The van der Waals surface area contributed by atoms with E-state index in [0.717, 1.165) is 0 Å². The molecule has 18 N–H and O–H groups in total. The van der Waals surface area contributed by atoms with Crippen LogP contribution in [0, 0.1) is 0 Å². The van der Waals surface area contributed by atoms with Crippen LogP contribution in [0.2, 0.25) is 0 Å². The smallest absolute Gasteiger partial charge is 0.187 e. The standard InChI is InChI=1S/C23H45N5O14/c24-2-7-13(32)15(34)10(27)21(37-7)40-18-5(26)1-6(30)12(31)20(18)42-23-17(36)19(9(4-29)39-23)41-22-11(28)16(35)14(33)8(3-25)38-22/h5-23,29-36H,1-4,24-28H2. The van der Waals surface area contributed by atoms with Crippen LogP contribution in [0.15, 0.2) is 0 Å². The van der Waals surface area contributed by atoms with Crippen LogP contribution in [-0.2, 0) is 28.4 Å². The van der Waals surface area contributed by atoms with Gasteiger partial charge in [0.1, 0.15) is 73.2 Å². The Balaban J connectivity index is 1.50. The Labute approximate surface area is 240 Å². The van der Waals surface area contributed by atoms with Crippen molar-refractivity contribution in [2.24, 2.45) is 28.7 Å². The van der Waals surface area contributed by atoms with Gasteiger partial charge in [-0.1, -0.05) is 0 Å². The van der Waals surface area contributed by atoms with E-state index in [-0.39, 0.29) is 19.5 Å². The minimum Gasteiger partial charge on any atom is -0.394 e. The second-order valence-electron chi connectivity index (χ2n) is 11.2. The molecule has 0 radical (unpaired) electrons. The number of nitrogens with two attached hydrogens (primary N) is 5. The van der Waals surface area contributed by atoms with E-state index in [0.29, 0.717) is 0 Å². The molecule has 3 aliphatic heterocycles. The van der Waals surface area contributed by atoms with E-state index in [4.69, 9.17) is 57.1 Å². The molecule has 19 unspecified atom stereocenters. The van der Waals surface area contributed by atoms with E-state index < -0.39 is 123 Å². The zero-order chi connectivity index (χ0) is 31.0. The predicted molar refractivity (Wildman–Crippen MR) is 136 cm³/mol. The normalized spacial score (nSPS) is 53.8. The number of hydrogen-bond acceptors (Lipinski definition) is 19. The first kappa shape index (κ1) is 34.1. The average Bonchev–Trinajstić information content (AvgIpc) is 3.27. The molecule has 19 nitrogen and oxygen atoms in total. The Morgan fingerprint density at radius 3 is 1.48 bits per heavy atom. The van der Waals surface area contributed by atoms with Crippen LogP contribution in [-0.4, -0.2) is 177 Å². The molecule has 4 aliphatic rings. The molecule has 0 aromatic carbocycles. The lowest BCUT2D eigenvalue weighted by Crippen LogP contribution is -2.67. The highest BCUT2D eigenvalue weighted by Gasteiger charge is 2.54. The van der Waals surface area contributed by atoms with Crippen molar-refractivity contribution in [2.75, 3.05) is 19.7 Å². The first-order valence-corrected chi connectivity index (χ1v) is 13.8. The third kappa shape index (κ3) is 6.60. The quantitative estimate of drug-likeness (QED) is 0.114. The van der Waals surface area contributed by atoms with Crippen molar-refractivity contribution in [3.63, 3.8) is 0 Å². The first-order valence-electron chi connectivity index (χ1n) is 13.8. The van der Waals surface area contributed by atoms with E-state index in [1.165, 1.54) is 0 Å². The maximum atomic E-state index is 11.1. The van der Waals surface area contributed by atoms with Gasteiger partial charge < -0.3 is 97.9 Å². The van der Waals surface area contributed by atoms with E-state index in [9.17, 15) is 40.9 Å². The van der Waals surface area contributed by atoms with Gasteiger partial charge in [0.25, 0.3) is 0 Å². The predicted octanol–water partition coefficient (Wildman–Crippen LogP) is -8.86. The van der Waals surface area contributed by atoms with E-state index in [1.807, 2.05) is 0 Å². The summed E-state index contributed by atoms with van der Waals surface area (Å²) in [6.07, 6.45) is -22.1. The van der Waals surface area contributed by atoms with Crippen LogP contribution < -0.4 is 28.7 Å². The third-order valence-electron chi connectivity index (χ3n) is 8.30. The Hall–Kier alpha value is -0.760. The van der Waals surface area contributed by atoms with Crippen LogP contribution in [0.4, 0.5) is 0 Å². The largest absolute Gasteiger partial charge is 0.394 e. The summed E-state index contributed by atoms with van der Waals surface area (Å²) in [7, 11) is 0. The minimum absolute atomic E-state index is 0.133. The SMILES string of the molecule is NCC1OC(OC2C(CO)OC(OC3C(O)C(O)CC(N)C3OC3OC(CN)C(O)C(O)C3N)C2O)C(N)C(O)C1O. The van der Waals surface area contributed by atoms with Crippen molar-refractivity contribution in [1.82, 2.24) is 0 Å². The van der Waals surface area contributed by atoms with Gasteiger partial charge in [-0.25, -0.2) is 0 Å². The van der Waals surface area contributed by atoms with Gasteiger partial charge in [-0.05, 0) is 6.42 Å². The van der Waals surface area contributed by atoms with Crippen molar-refractivity contribution in [2.45, 2.75) is 123 Å². The summed E-state index contributed by atoms with van der Waals surface area (Å²) in [5, 5.41) is 83.2. The monoisotopic (exact) mass is 615 g/mol. The summed E-state index contributed by atoms with van der Waals surface area (Å²) in [5.74, 6) is 0. The van der Waals surface area contributed by atoms with Crippen LogP contribution in [0.25, 0.3) is 0 Å². The average molecular weight is 616 g/mol. The number of aliphatic hydroxyl groups is 8. The number of hydrogen-bond donors (Lipinski definition) is 13. The molecule has 19 atom stereocenters. The molecule has 0 bridgehead atoms. The molecule has 0 aromatic heterocycles. The summed E-state index contributed by atoms with van der Waals surface area (Å²) in [6.45, 7) is -1.02. The molecule has 0 aromatic rings. The van der Waals surface area contributed by atoms with Gasteiger partial charge in [0.05, 0.1) is 24.8 Å². The zero-order valence-electron chi connectivity index (χ0n) is 22.7. The maximum absolute atomic E-state index is 11.1. The Morgan fingerprint density at radius 2 is 1.00 bits per heavy atom. The molecular formula is C23H45N5O14. The molecule has 1 saturated carbocycles. The molecule has 42 heavy (non-hydrogen) atoms. The van der Waals surface area contributed by atoms with Crippen molar-refractivity contribution in [3.05, 3.63) is 0 Å². The molecular weight excluding hydrogens is 570 g/mol. The highest BCUT2D eigenvalue weighted by Crippen LogP contribution is 2.34. The second-order valence-corrected chi connectivity index (χ2v) is 11.2. The fourth-order valence-electron chi connectivity index (χ4n) is 5.68. The van der Waals surface area contributed by atoms with Gasteiger partial charge in [-0.2, -0.15) is 0 Å². The first-order chi connectivity index (χ1) is 19.8. The van der Waals surface area contributed by atoms with Gasteiger partial charge in [0.2, 0.25) is 0 Å². The molecule has 19 heteroatoms. The number of aliphatic hydroxyl groups excluding tert-OH is 8. The topological polar surface area (TPSA) is 347 Å². The van der Waals surface area contributed by atoms with E-state index >= 15 is 0 Å². The molecule has 3 saturated heterocycles. The fourth-order valence-corrected chi connectivity index (χ4v) is 5.68. The summed E-state index contributed by atoms with van der Waals surface area (Å²) in [6, 6.07) is -3.49. The Bertz CT molecular complexity index is 866. The molecule has 0 amide bonds. The highest BCUT2D eigenvalue weighted by atomic mass is 16.8. The van der Waals surface area contributed by atoms with Crippen molar-refractivity contribution in [3.8, 4) is 0 Å². The van der Waals surface area contributed by atoms with Crippen LogP contribution >= 0.6 is 0 Å². The summed E-state index contributed by atoms with van der Waals surface area (Å²) >= 11 is 0. The third-order valence-corrected chi connectivity index (χ3v) is 8.30. The van der Waals surface area contributed by atoms with Gasteiger partial charge in [0.15, 0.2) is 18.9 Å². The molecule has 1 aliphatic carbocycles. The van der Waals surface area contributed by atoms with Crippen molar-refractivity contribution >= 4 is 0 Å². The van der Waals surface area contributed by atoms with E-state index in [1.54, 1.807) is 0 Å². The fraction of sp³-hybridized carbons (Fsp3) is 1.00. The molecule has 246 valence electrons. The number of rotatable bonds is 9. The van der Waals surface area contributed by atoms with Crippen LogP contribution in [0.1, 0.15) is 6.42 Å². The van der Waals surface area contributed by atoms with Gasteiger partial charge >= 0.3 is 0 Å².